The predicted octanol–water partition coefficient (Wildman–Crippen LogP) is 3.62. The molecule has 0 heterocycles. The van der Waals surface area contributed by atoms with Crippen molar-refractivity contribution in [1.82, 2.24) is 0 Å². The van der Waals surface area contributed by atoms with Crippen LogP contribution in [-0.4, -0.2) is 0 Å². The van der Waals surface area contributed by atoms with Crippen LogP contribution in [0, 0.1) is 5.82 Å². The van der Waals surface area contributed by atoms with Gasteiger partial charge in [-0.25, -0.2) is 4.39 Å². The number of benzene rings is 2. The van der Waals surface area contributed by atoms with Gasteiger partial charge in [0, 0.05) is 5.39 Å². The third-order valence-electron chi connectivity index (χ3n) is 2.12. The van der Waals surface area contributed by atoms with Crippen molar-refractivity contribution < 1.29 is 4.39 Å². The van der Waals surface area contributed by atoms with Gasteiger partial charge >= 0.3 is 0 Å². The van der Waals surface area contributed by atoms with E-state index in [1.807, 2.05) is 18.2 Å². The van der Waals surface area contributed by atoms with E-state index in [-0.39, 0.29) is 5.82 Å². The number of hydrogen-bond donors (Lipinski definition) is 0. The summed E-state index contributed by atoms with van der Waals surface area (Å²) < 4.78 is 13.3. The van der Waals surface area contributed by atoms with Crippen LogP contribution >= 0.6 is 0 Å². The standard InChI is InChI=1S/C12H9F/c1-2-9-7-8-12(13)11-6-4-3-5-10(9)11/h2-8H,1H2. The van der Waals surface area contributed by atoms with Crippen LogP contribution in [0.5, 0.6) is 0 Å². The van der Waals surface area contributed by atoms with Crippen LogP contribution in [0.3, 0.4) is 0 Å². The molecule has 0 radical (unpaired) electrons. The fourth-order valence-corrected chi connectivity index (χ4v) is 1.46. The molecule has 2 aromatic carbocycles. The molecule has 2 rings (SSSR count). The van der Waals surface area contributed by atoms with Crippen molar-refractivity contribution >= 4 is 16.8 Å². The molecule has 64 valence electrons. The molecular formula is C12H9F. The Balaban J connectivity index is 2.92. The maximum absolute atomic E-state index is 13.3. The second-order valence-corrected chi connectivity index (χ2v) is 2.89. The zero-order chi connectivity index (χ0) is 9.26. The maximum atomic E-state index is 13.3. The van der Waals surface area contributed by atoms with Gasteiger partial charge in [0.15, 0.2) is 0 Å². The monoisotopic (exact) mass is 172 g/mol. The third-order valence-corrected chi connectivity index (χ3v) is 2.12. The Morgan fingerprint density at radius 3 is 2.38 bits per heavy atom. The Hall–Kier alpha value is -1.63. The molecule has 0 atom stereocenters. The molecule has 0 aliphatic rings. The van der Waals surface area contributed by atoms with E-state index < -0.39 is 0 Å². The molecule has 0 fully saturated rings. The summed E-state index contributed by atoms with van der Waals surface area (Å²) >= 11 is 0. The lowest BCUT2D eigenvalue weighted by Crippen LogP contribution is -1.82. The van der Waals surface area contributed by atoms with Crippen LogP contribution in [0.15, 0.2) is 43.0 Å². The average Bonchev–Trinajstić information content (AvgIpc) is 2.19. The summed E-state index contributed by atoms with van der Waals surface area (Å²) in [5, 5.41) is 1.57. The van der Waals surface area contributed by atoms with Gasteiger partial charge in [-0.15, -0.1) is 0 Å². The van der Waals surface area contributed by atoms with Crippen LogP contribution in [0.4, 0.5) is 4.39 Å². The van der Waals surface area contributed by atoms with Crippen molar-refractivity contribution in [2.45, 2.75) is 0 Å². The SMILES string of the molecule is C=Cc1ccc(F)c2ccccc12. The molecule has 0 unspecified atom stereocenters. The first-order chi connectivity index (χ1) is 6.33. The molecule has 0 amide bonds. The van der Waals surface area contributed by atoms with E-state index in [4.69, 9.17) is 0 Å². The van der Waals surface area contributed by atoms with E-state index in [0.29, 0.717) is 5.39 Å². The largest absolute Gasteiger partial charge is 0.206 e. The van der Waals surface area contributed by atoms with E-state index in [1.54, 1.807) is 18.2 Å². The van der Waals surface area contributed by atoms with Gasteiger partial charge in [-0.05, 0) is 17.0 Å². The molecule has 0 nitrogen and oxygen atoms in total. The molecule has 0 aliphatic heterocycles. The molecule has 0 aliphatic carbocycles. The second-order valence-electron chi connectivity index (χ2n) is 2.89. The van der Waals surface area contributed by atoms with Gasteiger partial charge in [-0.2, -0.15) is 0 Å². The molecule has 1 heteroatoms. The predicted molar refractivity (Wildman–Crippen MR) is 54.0 cm³/mol. The smallest absolute Gasteiger partial charge is 0.131 e. The van der Waals surface area contributed by atoms with Gasteiger partial charge in [-0.3, -0.25) is 0 Å². The normalized spacial score (nSPS) is 10.2. The number of rotatable bonds is 1. The number of halogens is 1. The Morgan fingerprint density at radius 1 is 1.00 bits per heavy atom. The molecule has 0 N–H and O–H groups in total. The van der Waals surface area contributed by atoms with Crippen molar-refractivity contribution in [3.63, 3.8) is 0 Å². The summed E-state index contributed by atoms with van der Waals surface area (Å²) in [4.78, 5) is 0. The number of hydrogen-bond acceptors (Lipinski definition) is 0. The Labute approximate surface area is 76.3 Å². The Kier molecular flexibility index (Phi) is 1.85. The fourth-order valence-electron chi connectivity index (χ4n) is 1.46. The van der Waals surface area contributed by atoms with Gasteiger partial charge in [0.2, 0.25) is 0 Å². The molecule has 0 saturated heterocycles. The number of fused-ring (bicyclic) bond motifs is 1. The molecular weight excluding hydrogens is 163 g/mol. The van der Waals surface area contributed by atoms with Gasteiger partial charge < -0.3 is 0 Å². The van der Waals surface area contributed by atoms with Gasteiger partial charge in [-0.1, -0.05) is 43.0 Å². The minimum atomic E-state index is -0.179. The molecule has 0 saturated carbocycles. The molecule has 0 aromatic heterocycles. The van der Waals surface area contributed by atoms with E-state index in [0.717, 1.165) is 10.9 Å². The fraction of sp³-hybridized carbons (Fsp3) is 0. The lowest BCUT2D eigenvalue weighted by atomic mass is 10.0. The highest BCUT2D eigenvalue weighted by Crippen LogP contribution is 2.22. The minimum Gasteiger partial charge on any atom is -0.206 e. The van der Waals surface area contributed by atoms with Crippen molar-refractivity contribution in [1.29, 1.82) is 0 Å². The highest BCUT2D eigenvalue weighted by molar-refractivity contribution is 5.90. The summed E-state index contributed by atoms with van der Waals surface area (Å²) in [7, 11) is 0. The quantitative estimate of drug-likeness (QED) is 0.616. The van der Waals surface area contributed by atoms with E-state index in [1.165, 1.54) is 6.07 Å². The summed E-state index contributed by atoms with van der Waals surface area (Å²) in [6, 6.07) is 10.6. The first-order valence-electron chi connectivity index (χ1n) is 4.12. The lowest BCUT2D eigenvalue weighted by molar-refractivity contribution is 0.640. The summed E-state index contributed by atoms with van der Waals surface area (Å²) in [6.45, 7) is 3.69. The maximum Gasteiger partial charge on any atom is 0.131 e. The average molecular weight is 172 g/mol. The van der Waals surface area contributed by atoms with Crippen LogP contribution in [0.1, 0.15) is 5.56 Å². The summed E-state index contributed by atoms with van der Waals surface area (Å²) in [6.07, 6.45) is 1.74. The zero-order valence-corrected chi connectivity index (χ0v) is 7.13. The van der Waals surface area contributed by atoms with Crippen LogP contribution in [0.2, 0.25) is 0 Å². The summed E-state index contributed by atoms with van der Waals surface area (Å²) in [5.41, 5.74) is 0.969. The van der Waals surface area contributed by atoms with Crippen molar-refractivity contribution in [2.24, 2.45) is 0 Å². The van der Waals surface area contributed by atoms with Crippen molar-refractivity contribution in [3.8, 4) is 0 Å². The first-order valence-corrected chi connectivity index (χ1v) is 4.12. The van der Waals surface area contributed by atoms with Crippen molar-refractivity contribution in [3.05, 3.63) is 54.4 Å². The van der Waals surface area contributed by atoms with Crippen LogP contribution in [-0.2, 0) is 0 Å². The molecule has 0 spiro atoms. The topological polar surface area (TPSA) is 0 Å². The second kappa shape index (κ2) is 3.02. The highest BCUT2D eigenvalue weighted by atomic mass is 19.1. The van der Waals surface area contributed by atoms with Gasteiger partial charge in [0.1, 0.15) is 5.82 Å². The van der Waals surface area contributed by atoms with E-state index in [9.17, 15) is 4.39 Å². The molecule has 13 heavy (non-hydrogen) atoms. The van der Waals surface area contributed by atoms with Gasteiger partial charge in [0.25, 0.3) is 0 Å². The van der Waals surface area contributed by atoms with E-state index >= 15 is 0 Å². The Morgan fingerprint density at radius 2 is 1.69 bits per heavy atom. The van der Waals surface area contributed by atoms with Gasteiger partial charge in [0.05, 0.1) is 0 Å². The first kappa shape index (κ1) is 7.99. The summed E-state index contributed by atoms with van der Waals surface area (Å²) in [5.74, 6) is -0.179. The Bertz CT molecular complexity index is 458. The highest BCUT2D eigenvalue weighted by Gasteiger charge is 2.01. The molecule has 2 aromatic rings. The van der Waals surface area contributed by atoms with Crippen molar-refractivity contribution in [2.75, 3.05) is 0 Å². The molecule has 0 bridgehead atoms. The van der Waals surface area contributed by atoms with Crippen LogP contribution < -0.4 is 0 Å². The minimum absolute atomic E-state index is 0.179. The third kappa shape index (κ3) is 1.22. The van der Waals surface area contributed by atoms with Crippen LogP contribution in [0.25, 0.3) is 16.8 Å². The zero-order valence-electron chi connectivity index (χ0n) is 7.13. The van der Waals surface area contributed by atoms with E-state index in [2.05, 4.69) is 6.58 Å². The lowest BCUT2D eigenvalue weighted by Gasteiger charge is -2.02.